The van der Waals surface area contributed by atoms with Crippen LogP contribution in [0.15, 0.2) is 84.9 Å². The second kappa shape index (κ2) is 8.05. The maximum Gasteiger partial charge on any atom is 0.345 e. The minimum atomic E-state index is -0.971. The van der Waals surface area contributed by atoms with Gasteiger partial charge in [0.1, 0.15) is 5.75 Å². The van der Waals surface area contributed by atoms with Gasteiger partial charge in [-0.3, -0.25) is 0 Å². The molecule has 1 N–H and O–H groups in total. The lowest BCUT2D eigenvalue weighted by Gasteiger charge is -2.36. The Balaban J connectivity index is 1.62. The zero-order valence-electron chi connectivity index (χ0n) is 15.3. The van der Waals surface area contributed by atoms with Crippen molar-refractivity contribution in [3.05, 3.63) is 90.5 Å². The van der Waals surface area contributed by atoms with Gasteiger partial charge in [-0.1, -0.05) is 54.6 Å². The molecular weight excluding hydrogens is 354 g/mol. The van der Waals surface area contributed by atoms with E-state index in [0.29, 0.717) is 18.7 Å². The predicted octanol–water partition coefficient (Wildman–Crippen LogP) is 4.51. The highest BCUT2D eigenvalue weighted by molar-refractivity contribution is 5.75. The SMILES string of the molecule is O=C(O)C(Oc1ccccc1)C1CCN(Oc2ccccc2)c2ccccc21. The Bertz CT molecular complexity index is 930. The number of carboxylic acid groups (broad SMARTS) is 1. The molecule has 0 fully saturated rings. The average Bonchev–Trinajstić information content (AvgIpc) is 2.74. The number of hydroxylamine groups is 1. The molecule has 5 nitrogen and oxygen atoms in total. The van der Waals surface area contributed by atoms with E-state index in [2.05, 4.69) is 0 Å². The summed E-state index contributed by atoms with van der Waals surface area (Å²) in [5.41, 5.74) is 1.78. The molecule has 0 radical (unpaired) electrons. The summed E-state index contributed by atoms with van der Waals surface area (Å²) in [5.74, 6) is 0.0482. The maximum absolute atomic E-state index is 12.0. The first-order chi connectivity index (χ1) is 13.7. The van der Waals surface area contributed by atoms with Crippen LogP contribution in [0.5, 0.6) is 11.5 Å². The van der Waals surface area contributed by atoms with Gasteiger partial charge in [-0.2, -0.15) is 0 Å². The summed E-state index contributed by atoms with van der Waals surface area (Å²) in [7, 11) is 0. The average molecular weight is 375 g/mol. The zero-order valence-corrected chi connectivity index (χ0v) is 15.3. The van der Waals surface area contributed by atoms with Crippen LogP contribution in [0.4, 0.5) is 5.69 Å². The second-order valence-corrected chi connectivity index (χ2v) is 6.65. The molecule has 3 aromatic rings. The number of rotatable bonds is 6. The number of para-hydroxylation sites is 3. The van der Waals surface area contributed by atoms with E-state index in [-0.39, 0.29) is 5.92 Å². The summed E-state index contributed by atoms with van der Waals surface area (Å²) in [6.07, 6.45) is -0.365. The summed E-state index contributed by atoms with van der Waals surface area (Å²) in [6.45, 7) is 0.568. The number of hydrogen-bond donors (Lipinski definition) is 1. The van der Waals surface area contributed by atoms with E-state index in [9.17, 15) is 9.90 Å². The first-order valence-electron chi connectivity index (χ1n) is 9.26. The Morgan fingerprint density at radius 1 is 0.893 bits per heavy atom. The van der Waals surface area contributed by atoms with Crippen LogP contribution >= 0.6 is 0 Å². The summed E-state index contributed by atoms with van der Waals surface area (Å²) in [6, 6.07) is 26.4. The maximum atomic E-state index is 12.0. The van der Waals surface area contributed by atoms with Gasteiger partial charge in [0.2, 0.25) is 6.10 Å². The molecule has 0 aliphatic carbocycles. The van der Waals surface area contributed by atoms with Crippen molar-refractivity contribution in [2.45, 2.75) is 18.4 Å². The van der Waals surface area contributed by atoms with Crippen LogP contribution in [-0.2, 0) is 4.79 Å². The van der Waals surface area contributed by atoms with Crippen LogP contribution in [-0.4, -0.2) is 23.7 Å². The van der Waals surface area contributed by atoms with Crippen LogP contribution < -0.4 is 14.6 Å². The van der Waals surface area contributed by atoms with Gasteiger partial charge in [0.25, 0.3) is 0 Å². The molecule has 28 heavy (non-hydrogen) atoms. The number of aliphatic carboxylic acids is 1. The van der Waals surface area contributed by atoms with Crippen molar-refractivity contribution in [1.82, 2.24) is 0 Å². The van der Waals surface area contributed by atoms with E-state index in [0.717, 1.165) is 17.0 Å². The molecule has 0 amide bonds. The van der Waals surface area contributed by atoms with Gasteiger partial charge in [-0.15, -0.1) is 0 Å². The number of carboxylic acids is 1. The van der Waals surface area contributed by atoms with E-state index < -0.39 is 12.1 Å². The minimum absolute atomic E-state index is 0.274. The monoisotopic (exact) mass is 375 g/mol. The van der Waals surface area contributed by atoms with E-state index in [1.165, 1.54) is 0 Å². The zero-order chi connectivity index (χ0) is 19.3. The summed E-state index contributed by atoms with van der Waals surface area (Å²) in [4.78, 5) is 18.0. The summed E-state index contributed by atoms with van der Waals surface area (Å²) in [5, 5.41) is 11.7. The number of benzene rings is 3. The third-order valence-corrected chi connectivity index (χ3v) is 4.82. The molecule has 2 unspecified atom stereocenters. The molecule has 4 rings (SSSR count). The Hall–Kier alpha value is -3.47. The summed E-state index contributed by atoms with van der Waals surface area (Å²) >= 11 is 0. The Labute approximate surface area is 163 Å². The van der Waals surface area contributed by atoms with Crippen molar-refractivity contribution in [2.24, 2.45) is 0 Å². The smallest absolute Gasteiger partial charge is 0.345 e. The number of ether oxygens (including phenoxy) is 1. The van der Waals surface area contributed by atoms with Crippen molar-refractivity contribution >= 4 is 11.7 Å². The van der Waals surface area contributed by atoms with Gasteiger partial charge in [0.15, 0.2) is 5.75 Å². The Kier molecular flexibility index (Phi) is 5.15. The third kappa shape index (κ3) is 3.78. The lowest BCUT2D eigenvalue weighted by Crippen LogP contribution is -2.41. The van der Waals surface area contributed by atoms with Gasteiger partial charge < -0.3 is 14.7 Å². The van der Waals surface area contributed by atoms with Gasteiger partial charge in [-0.05, 0) is 42.3 Å². The van der Waals surface area contributed by atoms with Gasteiger partial charge in [0, 0.05) is 5.92 Å². The normalized spacial score (nSPS) is 16.7. The topological polar surface area (TPSA) is 59.0 Å². The Morgan fingerprint density at radius 3 is 2.18 bits per heavy atom. The molecule has 0 bridgehead atoms. The van der Waals surface area contributed by atoms with Crippen LogP contribution in [0.2, 0.25) is 0 Å². The van der Waals surface area contributed by atoms with Crippen molar-refractivity contribution < 1.29 is 19.5 Å². The fourth-order valence-corrected chi connectivity index (χ4v) is 3.53. The minimum Gasteiger partial charge on any atom is -0.478 e. The number of anilines is 1. The standard InChI is InChI=1S/C23H21NO4/c25-23(26)22(27-17-9-3-1-4-10-17)20-15-16-24(21-14-8-7-13-19(20)21)28-18-11-5-2-6-12-18/h1-14,20,22H,15-16H2,(H,25,26). The molecule has 142 valence electrons. The van der Waals surface area contributed by atoms with Crippen molar-refractivity contribution in [3.8, 4) is 11.5 Å². The van der Waals surface area contributed by atoms with Crippen molar-refractivity contribution in [2.75, 3.05) is 11.6 Å². The number of fused-ring (bicyclic) bond motifs is 1. The van der Waals surface area contributed by atoms with Gasteiger partial charge in [0.05, 0.1) is 12.2 Å². The molecule has 5 heteroatoms. The quantitative estimate of drug-likeness (QED) is 0.687. The molecule has 3 aromatic carbocycles. The van der Waals surface area contributed by atoms with Crippen molar-refractivity contribution in [1.29, 1.82) is 0 Å². The van der Waals surface area contributed by atoms with Crippen LogP contribution in [0.25, 0.3) is 0 Å². The molecule has 1 aliphatic rings. The van der Waals surface area contributed by atoms with E-state index in [1.807, 2.05) is 77.9 Å². The fraction of sp³-hybridized carbons (Fsp3) is 0.174. The van der Waals surface area contributed by atoms with E-state index in [1.54, 1.807) is 12.1 Å². The summed E-state index contributed by atoms with van der Waals surface area (Å²) < 4.78 is 5.87. The van der Waals surface area contributed by atoms with E-state index >= 15 is 0 Å². The highest BCUT2D eigenvalue weighted by Gasteiger charge is 2.37. The lowest BCUT2D eigenvalue weighted by atomic mass is 9.86. The number of carbonyl (C=O) groups is 1. The molecular formula is C23H21NO4. The lowest BCUT2D eigenvalue weighted by molar-refractivity contribution is -0.146. The molecule has 0 saturated carbocycles. The number of hydrogen-bond acceptors (Lipinski definition) is 4. The second-order valence-electron chi connectivity index (χ2n) is 6.65. The molecule has 0 aromatic heterocycles. The molecule has 1 aliphatic heterocycles. The van der Waals surface area contributed by atoms with E-state index in [4.69, 9.17) is 9.57 Å². The molecule has 1 heterocycles. The first-order valence-corrected chi connectivity index (χ1v) is 9.26. The largest absolute Gasteiger partial charge is 0.478 e. The van der Waals surface area contributed by atoms with Gasteiger partial charge in [-0.25, -0.2) is 9.86 Å². The molecule has 2 atom stereocenters. The number of nitrogens with zero attached hydrogens (tertiary/aromatic N) is 1. The predicted molar refractivity (Wildman–Crippen MR) is 107 cm³/mol. The van der Waals surface area contributed by atoms with Gasteiger partial charge >= 0.3 is 5.97 Å². The van der Waals surface area contributed by atoms with Crippen LogP contribution in [0.1, 0.15) is 17.9 Å². The highest BCUT2D eigenvalue weighted by atomic mass is 16.7. The van der Waals surface area contributed by atoms with Crippen LogP contribution in [0, 0.1) is 0 Å². The highest BCUT2D eigenvalue weighted by Crippen LogP contribution is 2.39. The first kappa shape index (κ1) is 17.9. The third-order valence-electron chi connectivity index (χ3n) is 4.82. The van der Waals surface area contributed by atoms with Crippen molar-refractivity contribution in [3.63, 3.8) is 0 Å². The van der Waals surface area contributed by atoms with Crippen LogP contribution in [0.3, 0.4) is 0 Å². The Morgan fingerprint density at radius 2 is 1.50 bits per heavy atom. The fourth-order valence-electron chi connectivity index (χ4n) is 3.53. The molecule has 0 saturated heterocycles. The molecule has 0 spiro atoms.